The Morgan fingerprint density at radius 1 is 1.39 bits per heavy atom. The van der Waals surface area contributed by atoms with Gasteiger partial charge in [-0.1, -0.05) is 0 Å². The van der Waals surface area contributed by atoms with Crippen LogP contribution in [0, 0.1) is 0 Å². The monoisotopic (exact) mass is 257 g/mol. The van der Waals surface area contributed by atoms with Gasteiger partial charge in [-0.05, 0) is 39.5 Å². The first-order chi connectivity index (χ1) is 8.45. The largest absolute Gasteiger partial charge is 0.467 e. The molecule has 1 aliphatic rings. The number of carbonyl (C=O) groups is 2. The molecule has 0 radical (unpaired) electrons. The van der Waals surface area contributed by atoms with E-state index in [0.717, 1.165) is 19.4 Å². The van der Waals surface area contributed by atoms with Crippen LogP contribution in [0.25, 0.3) is 0 Å². The molecule has 1 N–H and O–H groups in total. The molecule has 1 saturated heterocycles. The molecule has 0 spiro atoms. The van der Waals surface area contributed by atoms with E-state index in [1.807, 2.05) is 0 Å². The summed E-state index contributed by atoms with van der Waals surface area (Å²) in [6.07, 6.45) is 4.57. The van der Waals surface area contributed by atoms with Crippen molar-refractivity contribution in [3.8, 4) is 0 Å². The lowest BCUT2D eigenvalue weighted by Gasteiger charge is -2.25. The fourth-order valence-corrected chi connectivity index (χ4v) is 2.04. The summed E-state index contributed by atoms with van der Waals surface area (Å²) >= 11 is 0. The van der Waals surface area contributed by atoms with Gasteiger partial charge in [-0.25, -0.2) is 4.79 Å². The zero-order chi connectivity index (χ0) is 13.6. The number of ether oxygens (including phenoxy) is 2. The highest BCUT2D eigenvalue weighted by atomic mass is 16.5. The summed E-state index contributed by atoms with van der Waals surface area (Å²) in [6.45, 7) is 4.06. The van der Waals surface area contributed by atoms with Crippen LogP contribution in [0.2, 0.25) is 0 Å². The maximum Gasteiger partial charge on any atom is 0.330 e. The minimum absolute atomic E-state index is 0.139. The molecule has 5 nitrogen and oxygen atoms in total. The third-order valence-corrected chi connectivity index (χ3v) is 3.11. The molecule has 1 rings (SSSR count). The molecule has 1 aliphatic heterocycles. The number of carbonyl (C=O) groups excluding carboxylic acids is 2. The van der Waals surface area contributed by atoms with Gasteiger partial charge in [0, 0.05) is 13.0 Å². The average molecular weight is 257 g/mol. The van der Waals surface area contributed by atoms with E-state index in [4.69, 9.17) is 4.74 Å². The summed E-state index contributed by atoms with van der Waals surface area (Å²) in [6, 6.07) is 0. The Hall–Kier alpha value is -1.10. The first-order valence-corrected chi connectivity index (χ1v) is 6.47. The van der Waals surface area contributed by atoms with E-state index in [2.05, 4.69) is 10.1 Å². The molecule has 1 amide bonds. The van der Waals surface area contributed by atoms with E-state index >= 15 is 0 Å². The Balaban J connectivity index is 2.30. The molecule has 5 heteroatoms. The molecule has 1 fully saturated rings. The van der Waals surface area contributed by atoms with E-state index in [9.17, 15) is 9.59 Å². The molecular formula is C13H23NO4. The van der Waals surface area contributed by atoms with Gasteiger partial charge in [-0.2, -0.15) is 0 Å². The molecular weight excluding hydrogens is 234 g/mol. The Morgan fingerprint density at radius 3 is 2.67 bits per heavy atom. The van der Waals surface area contributed by atoms with Crippen LogP contribution in [-0.2, 0) is 19.1 Å². The molecule has 0 aromatic carbocycles. The van der Waals surface area contributed by atoms with Gasteiger partial charge in [0.1, 0.15) is 5.54 Å². The number of rotatable bonds is 5. The lowest BCUT2D eigenvalue weighted by Crippen LogP contribution is -2.50. The molecule has 1 heterocycles. The lowest BCUT2D eigenvalue weighted by molar-refractivity contribution is -0.149. The van der Waals surface area contributed by atoms with E-state index in [1.165, 1.54) is 13.5 Å². The Kier molecular flexibility index (Phi) is 5.59. The van der Waals surface area contributed by atoms with Gasteiger partial charge in [0.2, 0.25) is 5.91 Å². The van der Waals surface area contributed by atoms with Crippen molar-refractivity contribution in [2.75, 3.05) is 13.7 Å². The van der Waals surface area contributed by atoms with E-state index in [0.29, 0.717) is 12.8 Å². The molecule has 0 aromatic rings. The van der Waals surface area contributed by atoms with Crippen molar-refractivity contribution < 1.29 is 19.1 Å². The van der Waals surface area contributed by atoms with Crippen molar-refractivity contribution in [2.45, 2.75) is 57.6 Å². The quantitative estimate of drug-likeness (QED) is 0.756. The molecule has 0 saturated carbocycles. The lowest BCUT2D eigenvalue weighted by atomic mass is 10.0. The predicted octanol–water partition coefficient (Wildman–Crippen LogP) is 1.40. The topological polar surface area (TPSA) is 64.6 Å². The van der Waals surface area contributed by atoms with Crippen molar-refractivity contribution in [3.05, 3.63) is 0 Å². The highest BCUT2D eigenvalue weighted by Gasteiger charge is 2.30. The van der Waals surface area contributed by atoms with Crippen molar-refractivity contribution in [1.29, 1.82) is 0 Å². The Labute approximate surface area is 108 Å². The predicted molar refractivity (Wildman–Crippen MR) is 67.1 cm³/mol. The Bertz CT molecular complexity index is 295. The molecule has 1 atom stereocenters. The van der Waals surface area contributed by atoms with Gasteiger partial charge >= 0.3 is 5.97 Å². The SMILES string of the molecule is COC(=O)C(C)(C)NC(=O)CCC1CCCCO1. The maximum absolute atomic E-state index is 11.7. The molecule has 18 heavy (non-hydrogen) atoms. The van der Waals surface area contributed by atoms with Crippen molar-refractivity contribution in [1.82, 2.24) is 5.32 Å². The van der Waals surface area contributed by atoms with Crippen molar-refractivity contribution >= 4 is 11.9 Å². The van der Waals surface area contributed by atoms with Gasteiger partial charge in [0.15, 0.2) is 0 Å². The van der Waals surface area contributed by atoms with Crippen LogP contribution in [0.4, 0.5) is 0 Å². The summed E-state index contributed by atoms with van der Waals surface area (Å²) in [5.74, 6) is -0.579. The first kappa shape index (κ1) is 15.0. The van der Waals surface area contributed by atoms with Crippen molar-refractivity contribution in [3.63, 3.8) is 0 Å². The molecule has 0 aliphatic carbocycles. The zero-order valence-electron chi connectivity index (χ0n) is 11.5. The highest BCUT2D eigenvalue weighted by molar-refractivity contribution is 5.87. The van der Waals surface area contributed by atoms with Crippen LogP contribution in [0.1, 0.15) is 46.0 Å². The number of methoxy groups -OCH3 is 1. The minimum atomic E-state index is -0.973. The summed E-state index contributed by atoms with van der Waals surface area (Å²) in [5.41, 5.74) is -0.973. The number of hydrogen-bond donors (Lipinski definition) is 1. The highest BCUT2D eigenvalue weighted by Crippen LogP contribution is 2.17. The fourth-order valence-electron chi connectivity index (χ4n) is 2.04. The number of amides is 1. The van der Waals surface area contributed by atoms with Gasteiger partial charge in [-0.15, -0.1) is 0 Å². The van der Waals surface area contributed by atoms with Crippen LogP contribution < -0.4 is 5.32 Å². The molecule has 0 aromatic heterocycles. The van der Waals surface area contributed by atoms with Crippen LogP contribution in [-0.4, -0.2) is 37.2 Å². The smallest absolute Gasteiger partial charge is 0.330 e. The van der Waals surface area contributed by atoms with E-state index in [-0.39, 0.29) is 12.0 Å². The third-order valence-electron chi connectivity index (χ3n) is 3.11. The maximum atomic E-state index is 11.7. The normalized spacial score (nSPS) is 20.3. The van der Waals surface area contributed by atoms with Crippen LogP contribution in [0.5, 0.6) is 0 Å². The third kappa shape index (κ3) is 4.64. The van der Waals surface area contributed by atoms with Crippen LogP contribution in [0.3, 0.4) is 0 Å². The zero-order valence-corrected chi connectivity index (χ0v) is 11.5. The Morgan fingerprint density at radius 2 is 2.11 bits per heavy atom. The standard InChI is InChI=1S/C13H23NO4/c1-13(2,12(16)17-3)14-11(15)8-7-10-6-4-5-9-18-10/h10H,4-9H2,1-3H3,(H,14,15). The number of esters is 1. The summed E-state index contributed by atoms with van der Waals surface area (Å²) in [7, 11) is 1.31. The van der Waals surface area contributed by atoms with E-state index < -0.39 is 11.5 Å². The molecule has 104 valence electrons. The molecule has 0 bridgehead atoms. The summed E-state index contributed by atoms with van der Waals surface area (Å²) < 4.78 is 10.2. The van der Waals surface area contributed by atoms with Crippen molar-refractivity contribution in [2.24, 2.45) is 0 Å². The van der Waals surface area contributed by atoms with Gasteiger partial charge in [-0.3, -0.25) is 4.79 Å². The van der Waals surface area contributed by atoms with E-state index in [1.54, 1.807) is 13.8 Å². The van der Waals surface area contributed by atoms with Gasteiger partial charge < -0.3 is 14.8 Å². The average Bonchev–Trinajstić information content (AvgIpc) is 2.36. The molecule has 1 unspecified atom stereocenters. The first-order valence-electron chi connectivity index (χ1n) is 6.47. The second kappa shape index (κ2) is 6.73. The number of nitrogens with one attached hydrogen (secondary N) is 1. The summed E-state index contributed by atoms with van der Waals surface area (Å²) in [4.78, 5) is 23.2. The second-order valence-corrected chi connectivity index (χ2v) is 5.19. The number of hydrogen-bond acceptors (Lipinski definition) is 4. The van der Waals surface area contributed by atoms with Gasteiger partial charge in [0.25, 0.3) is 0 Å². The van der Waals surface area contributed by atoms with Gasteiger partial charge in [0.05, 0.1) is 13.2 Å². The minimum Gasteiger partial charge on any atom is -0.467 e. The van der Waals surface area contributed by atoms with Crippen LogP contribution >= 0.6 is 0 Å². The summed E-state index contributed by atoms with van der Waals surface area (Å²) in [5, 5.41) is 2.68. The second-order valence-electron chi connectivity index (χ2n) is 5.19. The fraction of sp³-hybridized carbons (Fsp3) is 0.846. The van der Waals surface area contributed by atoms with Crippen LogP contribution in [0.15, 0.2) is 0 Å².